The predicted molar refractivity (Wildman–Crippen MR) is 73.5 cm³/mol. The summed E-state index contributed by atoms with van der Waals surface area (Å²) in [5, 5.41) is 13.8. The SMILES string of the molecule is O=[N+]([O-])c1ccccc1NCc1ccc(OC(F)F)cc1. The molecule has 1 N–H and O–H groups in total. The number of rotatable bonds is 6. The van der Waals surface area contributed by atoms with Gasteiger partial charge in [0.25, 0.3) is 5.69 Å². The number of hydrogen-bond acceptors (Lipinski definition) is 4. The van der Waals surface area contributed by atoms with Crippen molar-refractivity contribution in [2.24, 2.45) is 0 Å². The standard InChI is InChI=1S/C14H12F2N2O3/c15-14(16)21-11-7-5-10(6-8-11)9-17-12-3-1-2-4-13(12)18(19)20/h1-8,14,17H,9H2. The number of benzene rings is 2. The highest BCUT2D eigenvalue weighted by atomic mass is 19.3. The van der Waals surface area contributed by atoms with Crippen LogP contribution >= 0.6 is 0 Å². The molecule has 0 radical (unpaired) electrons. The van der Waals surface area contributed by atoms with E-state index in [9.17, 15) is 18.9 Å². The van der Waals surface area contributed by atoms with Crippen LogP contribution in [0.3, 0.4) is 0 Å². The smallest absolute Gasteiger partial charge is 0.387 e. The van der Waals surface area contributed by atoms with Gasteiger partial charge in [-0.15, -0.1) is 0 Å². The highest BCUT2D eigenvalue weighted by Gasteiger charge is 2.11. The summed E-state index contributed by atoms with van der Waals surface area (Å²) in [4.78, 5) is 10.4. The summed E-state index contributed by atoms with van der Waals surface area (Å²) in [6, 6.07) is 12.3. The summed E-state index contributed by atoms with van der Waals surface area (Å²) < 4.78 is 28.3. The monoisotopic (exact) mass is 294 g/mol. The summed E-state index contributed by atoms with van der Waals surface area (Å²) in [6.45, 7) is -2.53. The van der Waals surface area contributed by atoms with Gasteiger partial charge in [-0.2, -0.15) is 8.78 Å². The van der Waals surface area contributed by atoms with Crippen LogP contribution in [-0.4, -0.2) is 11.5 Å². The molecular weight excluding hydrogens is 282 g/mol. The molecule has 0 heterocycles. The molecule has 0 atom stereocenters. The quantitative estimate of drug-likeness (QED) is 0.650. The molecule has 0 spiro atoms. The number of alkyl halides is 2. The fourth-order valence-corrected chi connectivity index (χ4v) is 1.77. The number of nitro benzene ring substituents is 1. The number of nitrogens with zero attached hydrogens (tertiary/aromatic N) is 1. The van der Waals surface area contributed by atoms with Gasteiger partial charge < -0.3 is 10.1 Å². The van der Waals surface area contributed by atoms with Crippen molar-refractivity contribution in [2.45, 2.75) is 13.2 Å². The minimum atomic E-state index is -2.86. The Hall–Kier alpha value is -2.70. The van der Waals surface area contributed by atoms with Gasteiger partial charge in [0.05, 0.1) is 4.92 Å². The van der Waals surface area contributed by atoms with Gasteiger partial charge in [-0.05, 0) is 23.8 Å². The van der Waals surface area contributed by atoms with Crippen molar-refractivity contribution in [3.8, 4) is 5.75 Å². The van der Waals surface area contributed by atoms with Crippen LogP contribution in [0.25, 0.3) is 0 Å². The highest BCUT2D eigenvalue weighted by Crippen LogP contribution is 2.24. The van der Waals surface area contributed by atoms with Crippen molar-refractivity contribution < 1.29 is 18.4 Å². The van der Waals surface area contributed by atoms with E-state index in [1.165, 1.54) is 18.2 Å². The number of nitro groups is 1. The molecule has 0 saturated heterocycles. The fourth-order valence-electron chi connectivity index (χ4n) is 1.77. The Morgan fingerprint density at radius 3 is 2.43 bits per heavy atom. The molecule has 0 fully saturated rings. The van der Waals surface area contributed by atoms with Gasteiger partial charge >= 0.3 is 6.61 Å². The third kappa shape index (κ3) is 4.13. The first-order chi connectivity index (χ1) is 10.1. The average molecular weight is 294 g/mol. The Morgan fingerprint density at radius 1 is 1.14 bits per heavy atom. The zero-order valence-electron chi connectivity index (χ0n) is 10.8. The van der Waals surface area contributed by atoms with Gasteiger partial charge in [-0.3, -0.25) is 10.1 Å². The lowest BCUT2D eigenvalue weighted by Gasteiger charge is -2.08. The largest absolute Gasteiger partial charge is 0.435 e. The van der Waals surface area contributed by atoms with Gasteiger partial charge in [-0.1, -0.05) is 24.3 Å². The van der Waals surface area contributed by atoms with Gasteiger partial charge in [0.2, 0.25) is 0 Å². The molecule has 0 aliphatic rings. The molecule has 5 nitrogen and oxygen atoms in total. The van der Waals surface area contributed by atoms with E-state index >= 15 is 0 Å². The fraction of sp³-hybridized carbons (Fsp3) is 0.143. The van der Waals surface area contributed by atoms with E-state index in [0.717, 1.165) is 5.56 Å². The molecular formula is C14H12F2N2O3. The molecule has 2 rings (SSSR count). The van der Waals surface area contributed by atoms with Gasteiger partial charge in [0.1, 0.15) is 11.4 Å². The lowest BCUT2D eigenvalue weighted by molar-refractivity contribution is -0.384. The Bertz CT molecular complexity index is 618. The topological polar surface area (TPSA) is 64.4 Å². The third-order valence-corrected chi connectivity index (χ3v) is 2.73. The van der Waals surface area contributed by atoms with Crippen molar-refractivity contribution in [1.29, 1.82) is 0 Å². The molecule has 110 valence electrons. The van der Waals surface area contributed by atoms with Crippen LogP contribution in [0.5, 0.6) is 5.75 Å². The zero-order chi connectivity index (χ0) is 15.2. The van der Waals surface area contributed by atoms with E-state index in [2.05, 4.69) is 10.1 Å². The van der Waals surface area contributed by atoms with Crippen molar-refractivity contribution in [3.63, 3.8) is 0 Å². The van der Waals surface area contributed by atoms with Crippen LogP contribution in [0.4, 0.5) is 20.2 Å². The lowest BCUT2D eigenvalue weighted by atomic mass is 10.2. The zero-order valence-corrected chi connectivity index (χ0v) is 10.8. The molecule has 2 aromatic carbocycles. The molecule has 0 aliphatic heterocycles. The van der Waals surface area contributed by atoms with Crippen LogP contribution in [-0.2, 0) is 6.54 Å². The predicted octanol–water partition coefficient (Wildman–Crippen LogP) is 3.81. The van der Waals surface area contributed by atoms with E-state index < -0.39 is 11.5 Å². The first kappa shape index (κ1) is 14.7. The number of ether oxygens (including phenoxy) is 1. The average Bonchev–Trinajstić information content (AvgIpc) is 2.46. The van der Waals surface area contributed by atoms with Gasteiger partial charge in [0.15, 0.2) is 0 Å². The summed E-state index contributed by atoms with van der Waals surface area (Å²) in [5.41, 5.74) is 1.17. The van der Waals surface area contributed by atoms with Gasteiger partial charge in [-0.25, -0.2) is 0 Å². The van der Waals surface area contributed by atoms with Crippen molar-refractivity contribution in [3.05, 3.63) is 64.2 Å². The second-order valence-electron chi connectivity index (χ2n) is 4.15. The first-order valence-corrected chi connectivity index (χ1v) is 6.07. The number of halogens is 2. The van der Waals surface area contributed by atoms with Crippen molar-refractivity contribution in [2.75, 3.05) is 5.32 Å². The molecule has 0 aliphatic carbocycles. The Labute approximate surface area is 119 Å². The molecule has 21 heavy (non-hydrogen) atoms. The van der Waals surface area contributed by atoms with Gasteiger partial charge in [0, 0.05) is 12.6 Å². The minimum Gasteiger partial charge on any atom is -0.435 e. The van der Waals surface area contributed by atoms with Crippen molar-refractivity contribution >= 4 is 11.4 Å². The summed E-state index contributed by atoms with van der Waals surface area (Å²) in [5.74, 6) is 0.0689. The Balaban J connectivity index is 2.02. The van der Waals surface area contributed by atoms with Crippen LogP contribution in [0.15, 0.2) is 48.5 Å². The molecule has 0 bridgehead atoms. The number of hydrogen-bond donors (Lipinski definition) is 1. The maximum atomic E-state index is 12.0. The normalized spacial score (nSPS) is 10.4. The van der Waals surface area contributed by atoms with E-state index in [1.54, 1.807) is 30.3 Å². The van der Waals surface area contributed by atoms with E-state index in [1.807, 2.05) is 0 Å². The van der Waals surface area contributed by atoms with E-state index in [4.69, 9.17) is 0 Å². The van der Waals surface area contributed by atoms with Crippen LogP contribution < -0.4 is 10.1 Å². The maximum Gasteiger partial charge on any atom is 0.387 e. The summed E-state index contributed by atoms with van der Waals surface area (Å²) >= 11 is 0. The number of anilines is 1. The Morgan fingerprint density at radius 2 is 1.81 bits per heavy atom. The van der Waals surface area contributed by atoms with Crippen molar-refractivity contribution in [1.82, 2.24) is 0 Å². The van der Waals surface area contributed by atoms with Crippen LogP contribution in [0, 0.1) is 10.1 Å². The van der Waals surface area contributed by atoms with E-state index in [0.29, 0.717) is 12.2 Å². The third-order valence-electron chi connectivity index (χ3n) is 2.73. The summed E-state index contributed by atoms with van der Waals surface area (Å²) in [6.07, 6.45) is 0. The molecule has 0 aromatic heterocycles. The van der Waals surface area contributed by atoms with Crippen LogP contribution in [0.2, 0.25) is 0 Å². The second kappa shape index (κ2) is 6.65. The Kier molecular flexibility index (Phi) is 4.65. The first-order valence-electron chi connectivity index (χ1n) is 6.07. The molecule has 2 aromatic rings. The molecule has 0 unspecified atom stereocenters. The summed E-state index contributed by atoms with van der Waals surface area (Å²) in [7, 11) is 0. The second-order valence-corrected chi connectivity index (χ2v) is 4.15. The highest BCUT2D eigenvalue weighted by molar-refractivity contribution is 5.61. The minimum absolute atomic E-state index is 0.0184. The number of nitrogens with one attached hydrogen (secondary N) is 1. The molecule has 7 heteroatoms. The molecule has 0 amide bonds. The van der Waals surface area contributed by atoms with E-state index in [-0.39, 0.29) is 11.4 Å². The maximum absolute atomic E-state index is 12.0. The van der Waals surface area contributed by atoms with Crippen LogP contribution in [0.1, 0.15) is 5.56 Å². The number of para-hydroxylation sites is 2. The molecule has 0 saturated carbocycles. The lowest BCUT2D eigenvalue weighted by Crippen LogP contribution is -2.04.